The molecule has 0 amide bonds. The Labute approximate surface area is 121 Å². The van der Waals surface area contributed by atoms with Gasteiger partial charge in [-0.1, -0.05) is 12.8 Å². The number of piperidine rings is 1. The summed E-state index contributed by atoms with van der Waals surface area (Å²) < 4.78 is 0. The van der Waals surface area contributed by atoms with Crippen LogP contribution >= 0.6 is 0 Å². The molecule has 2 saturated heterocycles. The van der Waals surface area contributed by atoms with Crippen molar-refractivity contribution in [3.8, 4) is 0 Å². The van der Waals surface area contributed by atoms with E-state index in [4.69, 9.17) is 4.98 Å². The van der Waals surface area contributed by atoms with Gasteiger partial charge in [0.25, 0.3) is 0 Å². The number of nitrogens with one attached hydrogen (secondary N) is 2. The molecule has 110 valence electrons. The van der Waals surface area contributed by atoms with Gasteiger partial charge in [0.2, 0.25) is 5.95 Å². The maximum atomic E-state index is 4.71. The van der Waals surface area contributed by atoms with Gasteiger partial charge in [-0.2, -0.15) is 4.98 Å². The van der Waals surface area contributed by atoms with Gasteiger partial charge < -0.3 is 15.5 Å². The number of hydrogen-bond acceptors (Lipinski definition) is 5. The standard InChI is InChI=1S/C15H25N5/c1-2-4-11-20(10-3-1)14-7-9-17-15(19-14)18-13-6-5-8-16-12-13/h7,9,13,16H,1-6,8,10-12H2,(H,17,18,19)/t13-/m0/s1. The maximum absolute atomic E-state index is 4.71. The molecule has 20 heavy (non-hydrogen) atoms. The number of anilines is 2. The van der Waals surface area contributed by atoms with Gasteiger partial charge in [0, 0.05) is 31.9 Å². The predicted octanol–water partition coefficient (Wildman–Crippen LogP) is 2.02. The van der Waals surface area contributed by atoms with E-state index in [2.05, 4.69) is 20.5 Å². The van der Waals surface area contributed by atoms with Crippen LogP contribution in [0.15, 0.2) is 12.3 Å². The number of nitrogens with zero attached hydrogens (tertiary/aromatic N) is 3. The minimum atomic E-state index is 0.461. The lowest BCUT2D eigenvalue weighted by Gasteiger charge is -2.25. The molecule has 0 aliphatic carbocycles. The minimum absolute atomic E-state index is 0.461. The third kappa shape index (κ3) is 3.60. The van der Waals surface area contributed by atoms with Crippen LogP contribution in [0.1, 0.15) is 38.5 Å². The van der Waals surface area contributed by atoms with Crippen LogP contribution in [-0.2, 0) is 0 Å². The summed E-state index contributed by atoms with van der Waals surface area (Å²) in [5.74, 6) is 1.86. The van der Waals surface area contributed by atoms with Crippen molar-refractivity contribution in [2.75, 3.05) is 36.4 Å². The summed E-state index contributed by atoms with van der Waals surface area (Å²) in [6.07, 6.45) is 9.55. The first-order chi connectivity index (χ1) is 9.92. The van der Waals surface area contributed by atoms with E-state index < -0.39 is 0 Å². The van der Waals surface area contributed by atoms with Crippen molar-refractivity contribution in [2.45, 2.75) is 44.6 Å². The number of hydrogen-bond donors (Lipinski definition) is 2. The largest absolute Gasteiger partial charge is 0.356 e. The highest BCUT2D eigenvalue weighted by molar-refractivity contribution is 5.43. The van der Waals surface area contributed by atoms with Gasteiger partial charge in [-0.15, -0.1) is 0 Å². The zero-order valence-electron chi connectivity index (χ0n) is 12.1. The van der Waals surface area contributed by atoms with Gasteiger partial charge in [0.1, 0.15) is 5.82 Å². The van der Waals surface area contributed by atoms with Crippen LogP contribution < -0.4 is 15.5 Å². The molecule has 0 unspecified atom stereocenters. The van der Waals surface area contributed by atoms with Crippen molar-refractivity contribution in [3.63, 3.8) is 0 Å². The molecule has 0 saturated carbocycles. The molecule has 3 heterocycles. The lowest BCUT2D eigenvalue weighted by molar-refractivity contribution is 0.478. The molecular formula is C15H25N5. The molecule has 3 rings (SSSR count). The van der Waals surface area contributed by atoms with Crippen LogP contribution in [0.5, 0.6) is 0 Å². The lowest BCUT2D eigenvalue weighted by Crippen LogP contribution is -2.39. The molecule has 0 spiro atoms. The smallest absolute Gasteiger partial charge is 0.224 e. The maximum Gasteiger partial charge on any atom is 0.224 e. The quantitative estimate of drug-likeness (QED) is 0.884. The van der Waals surface area contributed by atoms with Crippen molar-refractivity contribution < 1.29 is 0 Å². The summed E-state index contributed by atoms with van der Waals surface area (Å²) in [4.78, 5) is 11.5. The van der Waals surface area contributed by atoms with Gasteiger partial charge in [0.05, 0.1) is 0 Å². The van der Waals surface area contributed by atoms with Crippen molar-refractivity contribution in [3.05, 3.63) is 12.3 Å². The molecule has 2 N–H and O–H groups in total. The Bertz CT molecular complexity index is 408. The van der Waals surface area contributed by atoms with Crippen LogP contribution in [0.3, 0.4) is 0 Å². The summed E-state index contributed by atoms with van der Waals surface area (Å²) in [5, 5.41) is 6.88. The predicted molar refractivity (Wildman–Crippen MR) is 82.2 cm³/mol. The molecule has 5 nitrogen and oxygen atoms in total. The van der Waals surface area contributed by atoms with Gasteiger partial charge in [0.15, 0.2) is 0 Å². The van der Waals surface area contributed by atoms with E-state index in [9.17, 15) is 0 Å². The Kier molecular flexibility index (Phi) is 4.69. The summed E-state index contributed by atoms with van der Waals surface area (Å²) >= 11 is 0. The molecule has 1 aromatic rings. The molecule has 2 aliphatic rings. The first-order valence-electron chi connectivity index (χ1n) is 7.97. The monoisotopic (exact) mass is 275 g/mol. The van der Waals surface area contributed by atoms with Crippen molar-refractivity contribution in [1.29, 1.82) is 0 Å². The summed E-state index contributed by atoms with van der Waals surface area (Å²) in [6.45, 7) is 4.40. The zero-order valence-corrected chi connectivity index (χ0v) is 12.1. The van der Waals surface area contributed by atoms with Crippen LogP contribution in [0.2, 0.25) is 0 Å². The van der Waals surface area contributed by atoms with E-state index in [-0.39, 0.29) is 0 Å². The highest BCUT2D eigenvalue weighted by Crippen LogP contribution is 2.18. The summed E-state index contributed by atoms with van der Waals surface area (Å²) in [5.41, 5.74) is 0. The second-order valence-corrected chi connectivity index (χ2v) is 5.83. The van der Waals surface area contributed by atoms with Crippen molar-refractivity contribution >= 4 is 11.8 Å². The number of aromatic nitrogens is 2. The second-order valence-electron chi connectivity index (χ2n) is 5.83. The van der Waals surface area contributed by atoms with Gasteiger partial charge in [-0.25, -0.2) is 4.98 Å². The van der Waals surface area contributed by atoms with E-state index >= 15 is 0 Å². The van der Waals surface area contributed by atoms with E-state index in [1.54, 1.807) is 0 Å². The van der Waals surface area contributed by atoms with Gasteiger partial charge in [-0.05, 0) is 38.3 Å². The third-order valence-corrected chi connectivity index (χ3v) is 4.20. The molecule has 2 fully saturated rings. The van der Waals surface area contributed by atoms with Crippen molar-refractivity contribution in [1.82, 2.24) is 15.3 Å². The Morgan fingerprint density at radius 2 is 2.00 bits per heavy atom. The summed E-state index contributed by atoms with van der Waals surface area (Å²) in [7, 11) is 0. The SMILES string of the molecule is c1cc(N2CCCCCC2)nc(N[C@H]2CCCNC2)n1. The van der Waals surface area contributed by atoms with E-state index in [0.29, 0.717) is 6.04 Å². The van der Waals surface area contributed by atoms with E-state index in [0.717, 1.165) is 37.9 Å². The zero-order chi connectivity index (χ0) is 13.6. The summed E-state index contributed by atoms with van der Waals surface area (Å²) in [6, 6.07) is 2.50. The fourth-order valence-corrected chi connectivity index (χ4v) is 3.05. The Balaban J connectivity index is 1.65. The van der Waals surface area contributed by atoms with Gasteiger partial charge >= 0.3 is 0 Å². The lowest BCUT2D eigenvalue weighted by atomic mass is 10.1. The molecule has 2 aliphatic heterocycles. The topological polar surface area (TPSA) is 53.1 Å². The minimum Gasteiger partial charge on any atom is -0.356 e. The molecule has 1 atom stereocenters. The highest BCUT2D eigenvalue weighted by atomic mass is 15.2. The van der Waals surface area contributed by atoms with Crippen molar-refractivity contribution in [2.24, 2.45) is 0 Å². The average molecular weight is 275 g/mol. The number of rotatable bonds is 3. The first kappa shape index (κ1) is 13.6. The third-order valence-electron chi connectivity index (χ3n) is 4.20. The first-order valence-corrected chi connectivity index (χ1v) is 7.97. The normalized spacial score (nSPS) is 24.2. The van der Waals surface area contributed by atoms with E-state index in [1.165, 1.54) is 38.5 Å². The Hall–Kier alpha value is -1.36. The van der Waals surface area contributed by atoms with Gasteiger partial charge in [-0.3, -0.25) is 0 Å². The molecule has 0 bridgehead atoms. The molecule has 0 aromatic carbocycles. The van der Waals surface area contributed by atoms with E-state index in [1.807, 2.05) is 12.3 Å². The van der Waals surface area contributed by atoms with Crippen LogP contribution in [0.4, 0.5) is 11.8 Å². The molecule has 0 radical (unpaired) electrons. The van der Waals surface area contributed by atoms with Crippen LogP contribution in [-0.4, -0.2) is 42.2 Å². The Morgan fingerprint density at radius 3 is 2.75 bits per heavy atom. The molecular weight excluding hydrogens is 250 g/mol. The second kappa shape index (κ2) is 6.88. The fourth-order valence-electron chi connectivity index (χ4n) is 3.05. The highest BCUT2D eigenvalue weighted by Gasteiger charge is 2.15. The van der Waals surface area contributed by atoms with Crippen LogP contribution in [0.25, 0.3) is 0 Å². The van der Waals surface area contributed by atoms with Crippen LogP contribution in [0, 0.1) is 0 Å². The fraction of sp³-hybridized carbons (Fsp3) is 0.733. The molecule has 5 heteroatoms. The molecule has 1 aromatic heterocycles. The average Bonchev–Trinajstić information content (AvgIpc) is 2.78. The Morgan fingerprint density at radius 1 is 1.15 bits per heavy atom.